The molecular formula is C9H19N3O2. The topological polar surface area (TPSA) is 92.6 Å². The Bertz CT molecular complexity index is 185. The molecule has 0 fully saturated rings. The Morgan fingerprint density at radius 1 is 1.57 bits per heavy atom. The number of aliphatic carboxylic acids is 1. The van der Waals surface area contributed by atoms with E-state index in [1.807, 2.05) is 0 Å². The molecule has 5 N–H and O–H groups in total. The van der Waals surface area contributed by atoms with Gasteiger partial charge >= 0.3 is 5.97 Å². The number of carboxylic acids is 1. The molecule has 14 heavy (non-hydrogen) atoms. The van der Waals surface area contributed by atoms with E-state index in [0.717, 1.165) is 0 Å². The van der Waals surface area contributed by atoms with E-state index < -0.39 is 5.97 Å². The first-order chi connectivity index (χ1) is 6.65. The van der Waals surface area contributed by atoms with Gasteiger partial charge in [-0.1, -0.05) is 6.08 Å². The first kappa shape index (κ1) is 13.1. The molecule has 0 heterocycles. The van der Waals surface area contributed by atoms with Crippen molar-refractivity contribution < 1.29 is 9.90 Å². The van der Waals surface area contributed by atoms with Crippen molar-refractivity contribution in [3.05, 3.63) is 12.7 Å². The highest BCUT2D eigenvalue weighted by Gasteiger charge is 2.17. The number of rotatable bonds is 8. The van der Waals surface area contributed by atoms with Gasteiger partial charge in [-0.15, -0.1) is 6.58 Å². The van der Waals surface area contributed by atoms with Gasteiger partial charge in [0.25, 0.3) is 0 Å². The first-order valence-corrected chi connectivity index (χ1v) is 4.62. The molecule has 5 nitrogen and oxygen atoms in total. The molecule has 0 bridgehead atoms. The van der Waals surface area contributed by atoms with Crippen molar-refractivity contribution in [3.63, 3.8) is 0 Å². The van der Waals surface area contributed by atoms with Crippen LogP contribution in [0.4, 0.5) is 0 Å². The summed E-state index contributed by atoms with van der Waals surface area (Å²) in [5.41, 5.74) is 10.9. The molecule has 0 saturated carbocycles. The van der Waals surface area contributed by atoms with E-state index in [-0.39, 0.29) is 12.6 Å². The Morgan fingerprint density at radius 3 is 2.57 bits per heavy atom. The van der Waals surface area contributed by atoms with Crippen LogP contribution < -0.4 is 11.5 Å². The van der Waals surface area contributed by atoms with Gasteiger partial charge in [0.05, 0.1) is 6.54 Å². The largest absolute Gasteiger partial charge is 0.480 e. The van der Waals surface area contributed by atoms with E-state index in [4.69, 9.17) is 16.6 Å². The van der Waals surface area contributed by atoms with Gasteiger partial charge in [-0.25, -0.2) is 0 Å². The summed E-state index contributed by atoms with van der Waals surface area (Å²) < 4.78 is 0. The zero-order chi connectivity index (χ0) is 11.0. The maximum Gasteiger partial charge on any atom is 0.317 e. The lowest BCUT2D eigenvalue weighted by Gasteiger charge is -2.28. The number of nitrogens with two attached hydrogens (primary N) is 2. The third-order valence-electron chi connectivity index (χ3n) is 1.98. The monoisotopic (exact) mass is 201 g/mol. The van der Waals surface area contributed by atoms with Gasteiger partial charge in [-0.05, 0) is 6.42 Å². The summed E-state index contributed by atoms with van der Waals surface area (Å²) in [6.07, 6.45) is 2.42. The summed E-state index contributed by atoms with van der Waals surface area (Å²) in [5, 5.41) is 8.67. The van der Waals surface area contributed by atoms with E-state index >= 15 is 0 Å². The van der Waals surface area contributed by atoms with Gasteiger partial charge in [0.1, 0.15) is 0 Å². The Labute approximate surface area is 84.4 Å². The minimum Gasteiger partial charge on any atom is -0.480 e. The minimum absolute atomic E-state index is 0.0205. The molecule has 0 aromatic heterocycles. The van der Waals surface area contributed by atoms with Crippen LogP contribution in [0.25, 0.3) is 0 Å². The number of carbonyl (C=O) groups is 1. The lowest BCUT2D eigenvalue weighted by Crippen LogP contribution is -2.45. The molecule has 1 unspecified atom stereocenters. The van der Waals surface area contributed by atoms with Crippen molar-refractivity contribution in [2.24, 2.45) is 11.5 Å². The van der Waals surface area contributed by atoms with Crippen molar-refractivity contribution in [1.29, 1.82) is 0 Å². The second-order valence-corrected chi connectivity index (χ2v) is 3.07. The van der Waals surface area contributed by atoms with Crippen molar-refractivity contribution in [1.82, 2.24) is 4.90 Å². The van der Waals surface area contributed by atoms with Crippen LogP contribution in [0.5, 0.6) is 0 Å². The van der Waals surface area contributed by atoms with E-state index in [1.165, 1.54) is 0 Å². The molecule has 0 aliphatic rings. The molecule has 0 aliphatic heterocycles. The third-order valence-corrected chi connectivity index (χ3v) is 1.98. The second-order valence-electron chi connectivity index (χ2n) is 3.07. The van der Waals surface area contributed by atoms with Crippen molar-refractivity contribution in [2.75, 3.05) is 26.2 Å². The quantitative estimate of drug-likeness (QED) is 0.449. The van der Waals surface area contributed by atoms with E-state index in [9.17, 15) is 4.79 Å². The smallest absolute Gasteiger partial charge is 0.317 e. The van der Waals surface area contributed by atoms with Crippen LogP contribution in [0.1, 0.15) is 6.42 Å². The van der Waals surface area contributed by atoms with E-state index in [2.05, 4.69) is 6.58 Å². The third kappa shape index (κ3) is 4.96. The average molecular weight is 201 g/mol. The lowest BCUT2D eigenvalue weighted by molar-refractivity contribution is -0.138. The van der Waals surface area contributed by atoms with Crippen molar-refractivity contribution >= 4 is 5.97 Å². The molecule has 0 aromatic rings. The van der Waals surface area contributed by atoms with Gasteiger partial charge in [0, 0.05) is 25.7 Å². The van der Waals surface area contributed by atoms with Crippen LogP contribution in [0.2, 0.25) is 0 Å². The minimum atomic E-state index is -0.860. The van der Waals surface area contributed by atoms with E-state index in [0.29, 0.717) is 26.1 Å². The van der Waals surface area contributed by atoms with Crippen LogP contribution >= 0.6 is 0 Å². The molecule has 82 valence electrons. The molecule has 0 amide bonds. The van der Waals surface area contributed by atoms with Crippen molar-refractivity contribution in [3.8, 4) is 0 Å². The zero-order valence-electron chi connectivity index (χ0n) is 8.35. The van der Waals surface area contributed by atoms with Gasteiger partial charge in [-0.2, -0.15) is 0 Å². The number of hydrogen-bond acceptors (Lipinski definition) is 4. The fourth-order valence-electron chi connectivity index (χ4n) is 1.32. The normalized spacial score (nSPS) is 12.8. The maximum atomic E-state index is 10.6. The Kier molecular flexibility index (Phi) is 7.00. The Balaban J connectivity index is 4.25. The summed E-state index contributed by atoms with van der Waals surface area (Å²) in [4.78, 5) is 12.3. The molecule has 5 heteroatoms. The molecule has 0 aromatic carbocycles. The molecule has 0 aliphatic carbocycles. The van der Waals surface area contributed by atoms with Crippen LogP contribution in [-0.4, -0.2) is 48.2 Å². The van der Waals surface area contributed by atoms with Gasteiger partial charge in [0.2, 0.25) is 0 Å². The first-order valence-electron chi connectivity index (χ1n) is 4.62. The van der Waals surface area contributed by atoms with Gasteiger partial charge in [-0.3, -0.25) is 9.69 Å². The SMILES string of the molecule is C=CCC(CN)N(CCN)CC(=O)O. The van der Waals surface area contributed by atoms with Crippen molar-refractivity contribution in [2.45, 2.75) is 12.5 Å². The molecule has 0 radical (unpaired) electrons. The highest BCUT2D eigenvalue weighted by atomic mass is 16.4. The van der Waals surface area contributed by atoms with Crippen LogP contribution in [0.3, 0.4) is 0 Å². The summed E-state index contributed by atoms with van der Waals surface area (Å²) in [5.74, 6) is -0.860. The molecule has 0 rings (SSSR count). The highest BCUT2D eigenvalue weighted by molar-refractivity contribution is 5.69. The molecular weight excluding hydrogens is 182 g/mol. The highest BCUT2D eigenvalue weighted by Crippen LogP contribution is 2.02. The molecule has 0 spiro atoms. The Morgan fingerprint density at radius 2 is 2.21 bits per heavy atom. The Hall–Kier alpha value is -0.910. The number of hydrogen-bond donors (Lipinski definition) is 3. The summed E-state index contributed by atoms with van der Waals surface area (Å²) >= 11 is 0. The predicted octanol–water partition coefficient (Wildman–Crippen LogP) is -0.765. The average Bonchev–Trinajstić information content (AvgIpc) is 2.13. The number of carboxylic acid groups (broad SMARTS) is 1. The lowest BCUT2D eigenvalue weighted by atomic mass is 10.1. The van der Waals surface area contributed by atoms with Crippen LogP contribution in [0, 0.1) is 0 Å². The zero-order valence-corrected chi connectivity index (χ0v) is 8.35. The van der Waals surface area contributed by atoms with Gasteiger partial charge in [0.15, 0.2) is 0 Å². The van der Waals surface area contributed by atoms with Gasteiger partial charge < -0.3 is 16.6 Å². The van der Waals surface area contributed by atoms with Crippen LogP contribution in [0.15, 0.2) is 12.7 Å². The fraction of sp³-hybridized carbons (Fsp3) is 0.667. The van der Waals surface area contributed by atoms with E-state index in [1.54, 1.807) is 11.0 Å². The number of nitrogens with zero attached hydrogens (tertiary/aromatic N) is 1. The standard InChI is InChI=1S/C9H19N3O2/c1-2-3-8(6-11)12(5-4-10)7-9(13)14/h2,8H,1,3-7,10-11H2,(H,13,14). The maximum absolute atomic E-state index is 10.6. The predicted molar refractivity (Wildman–Crippen MR) is 55.9 cm³/mol. The summed E-state index contributed by atoms with van der Waals surface area (Å²) in [6.45, 7) is 4.98. The summed E-state index contributed by atoms with van der Waals surface area (Å²) in [6, 6.07) is 0.0205. The second kappa shape index (κ2) is 7.49. The van der Waals surface area contributed by atoms with Crippen LogP contribution in [-0.2, 0) is 4.79 Å². The molecule has 0 saturated heterocycles. The fourth-order valence-corrected chi connectivity index (χ4v) is 1.32. The molecule has 1 atom stereocenters. The summed E-state index contributed by atoms with van der Waals surface area (Å²) in [7, 11) is 0.